The van der Waals surface area contributed by atoms with Gasteiger partial charge in [-0.15, -0.1) is 0 Å². The van der Waals surface area contributed by atoms with Gasteiger partial charge in [-0.1, -0.05) is 13.8 Å². The smallest absolute Gasteiger partial charge is 0.313 e. The number of halogens is 3. The molecular weight excluding hydrogens is 279 g/mol. The Labute approximate surface area is 116 Å². The average molecular weight is 301 g/mol. The summed E-state index contributed by atoms with van der Waals surface area (Å²) in [6, 6.07) is 0.213. The van der Waals surface area contributed by atoms with Crippen LogP contribution in [0, 0.1) is 0 Å². The van der Waals surface area contributed by atoms with E-state index in [1.165, 1.54) is 0 Å². The van der Waals surface area contributed by atoms with E-state index in [9.17, 15) is 13.2 Å². The van der Waals surface area contributed by atoms with E-state index in [2.05, 4.69) is 12.2 Å². The number of nitrogens with one attached hydrogen (secondary N) is 1. The summed E-state index contributed by atoms with van der Waals surface area (Å²) in [6.45, 7) is 5.03. The lowest BCUT2D eigenvalue weighted by Crippen LogP contribution is -2.44. The highest BCUT2D eigenvalue weighted by Crippen LogP contribution is 2.35. The fourth-order valence-electron chi connectivity index (χ4n) is 2.26. The summed E-state index contributed by atoms with van der Waals surface area (Å²) in [7, 11) is 0. The predicted octanol–water partition coefficient (Wildman–Crippen LogP) is 3.93. The SMILES string of the molecule is CCNC(CCCC(F)(F)F)C1SCCSC1C. The molecule has 6 heteroatoms. The van der Waals surface area contributed by atoms with Crippen molar-refractivity contribution < 1.29 is 13.2 Å². The summed E-state index contributed by atoms with van der Waals surface area (Å²) in [5, 5.41) is 4.34. The minimum absolute atomic E-state index is 0.213. The zero-order chi connectivity index (χ0) is 13.6. The first-order chi connectivity index (χ1) is 8.44. The second-order valence-corrected chi connectivity index (χ2v) is 7.35. The number of alkyl halides is 3. The molecule has 0 aromatic carbocycles. The Morgan fingerprint density at radius 3 is 2.50 bits per heavy atom. The van der Waals surface area contributed by atoms with Crippen molar-refractivity contribution in [2.75, 3.05) is 18.1 Å². The van der Waals surface area contributed by atoms with Crippen molar-refractivity contribution in [1.82, 2.24) is 5.32 Å². The number of hydrogen-bond donors (Lipinski definition) is 1. The third kappa shape index (κ3) is 6.06. The van der Waals surface area contributed by atoms with Crippen LogP contribution in [0.4, 0.5) is 13.2 Å². The normalized spacial score (nSPS) is 27.2. The van der Waals surface area contributed by atoms with Crippen molar-refractivity contribution in [3.8, 4) is 0 Å². The number of hydrogen-bond acceptors (Lipinski definition) is 3. The molecule has 1 saturated heterocycles. The first-order valence-corrected chi connectivity index (χ1v) is 8.57. The van der Waals surface area contributed by atoms with Crippen molar-refractivity contribution in [1.29, 1.82) is 0 Å². The van der Waals surface area contributed by atoms with E-state index in [-0.39, 0.29) is 12.5 Å². The van der Waals surface area contributed by atoms with Crippen molar-refractivity contribution >= 4 is 23.5 Å². The van der Waals surface area contributed by atoms with E-state index in [0.717, 1.165) is 18.1 Å². The summed E-state index contributed by atoms with van der Waals surface area (Å²) >= 11 is 3.85. The molecule has 18 heavy (non-hydrogen) atoms. The van der Waals surface area contributed by atoms with Gasteiger partial charge < -0.3 is 5.32 Å². The minimum atomic E-state index is -4.02. The first kappa shape index (κ1) is 16.5. The standard InChI is InChI=1S/C12H22F3NS2/c1-3-16-10(5-4-6-12(13,14)15)11-9(2)17-7-8-18-11/h9-11,16H,3-8H2,1-2H3. The summed E-state index contributed by atoms with van der Waals surface area (Å²) < 4.78 is 36.5. The van der Waals surface area contributed by atoms with Crippen molar-refractivity contribution in [2.24, 2.45) is 0 Å². The van der Waals surface area contributed by atoms with E-state index in [1.807, 2.05) is 30.4 Å². The molecule has 1 N–H and O–H groups in total. The third-order valence-corrected chi connectivity index (χ3v) is 6.33. The quantitative estimate of drug-likeness (QED) is 0.798. The van der Waals surface area contributed by atoms with Gasteiger partial charge in [0.1, 0.15) is 0 Å². The third-order valence-electron chi connectivity index (χ3n) is 3.08. The van der Waals surface area contributed by atoms with Crippen molar-refractivity contribution in [2.45, 2.75) is 55.8 Å². The Kier molecular flexibility index (Phi) is 7.24. The Bertz CT molecular complexity index is 236. The second kappa shape index (κ2) is 7.90. The second-order valence-electron chi connectivity index (χ2n) is 4.58. The minimum Gasteiger partial charge on any atom is -0.313 e. The Morgan fingerprint density at radius 1 is 1.28 bits per heavy atom. The molecule has 1 aliphatic heterocycles. The molecule has 0 bridgehead atoms. The molecule has 0 aromatic rings. The van der Waals surface area contributed by atoms with Crippen LogP contribution in [-0.4, -0.2) is 40.8 Å². The van der Waals surface area contributed by atoms with Crippen LogP contribution in [0.3, 0.4) is 0 Å². The maximum atomic E-state index is 12.2. The zero-order valence-electron chi connectivity index (χ0n) is 10.9. The van der Waals surface area contributed by atoms with Gasteiger partial charge in [0.2, 0.25) is 0 Å². The maximum Gasteiger partial charge on any atom is 0.389 e. The topological polar surface area (TPSA) is 12.0 Å². The fraction of sp³-hybridized carbons (Fsp3) is 1.00. The fourth-order valence-corrected chi connectivity index (χ4v) is 5.26. The van der Waals surface area contributed by atoms with Crippen LogP contribution in [0.25, 0.3) is 0 Å². The Morgan fingerprint density at radius 2 is 1.94 bits per heavy atom. The van der Waals surface area contributed by atoms with Gasteiger partial charge >= 0.3 is 6.18 Å². The molecule has 108 valence electrons. The molecule has 1 fully saturated rings. The van der Waals surface area contributed by atoms with E-state index in [0.29, 0.717) is 16.9 Å². The van der Waals surface area contributed by atoms with Gasteiger partial charge in [-0.05, 0) is 19.4 Å². The maximum absolute atomic E-state index is 12.2. The van der Waals surface area contributed by atoms with Gasteiger partial charge in [0, 0.05) is 34.5 Å². The van der Waals surface area contributed by atoms with Gasteiger partial charge in [-0.25, -0.2) is 0 Å². The van der Waals surface area contributed by atoms with Crippen LogP contribution >= 0.6 is 23.5 Å². The van der Waals surface area contributed by atoms with Crippen LogP contribution in [-0.2, 0) is 0 Å². The van der Waals surface area contributed by atoms with Crippen molar-refractivity contribution in [3.05, 3.63) is 0 Å². The highest BCUT2D eigenvalue weighted by Gasteiger charge is 2.31. The lowest BCUT2D eigenvalue weighted by Gasteiger charge is -2.35. The summed E-state index contributed by atoms with van der Waals surface area (Å²) in [6.07, 6.45) is -3.82. The highest BCUT2D eigenvalue weighted by atomic mass is 32.2. The first-order valence-electron chi connectivity index (χ1n) is 6.47. The van der Waals surface area contributed by atoms with E-state index >= 15 is 0 Å². The lowest BCUT2D eigenvalue weighted by atomic mass is 10.0. The molecule has 0 aliphatic carbocycles. The zero-order valence-corrected chi connectivity index (χ0v) is 12.6. The van der Waals surface area contributed by atoms with Gasteiger partial charge in [-0.2, -0.15) is 36.7 Å². The molecule has 1 nitrogen and oxygen atoms in total. The van der Waals surface area contributed by atoms with Crippen molar-refractivity contribution in [3.63, 3.8) is 0 Å². The molecule has 1 heterocycles. The molecule has 3 atom stereocenters. The average Bonchev–Trinajstić information content (AvgIpc) is 2.27. The van der Waals surface area contributed by atoms with Gasteiger partial charge in [-0.3, -0.25) is 0 Å². The molecule has 0 amide bonds. The van der Waals surface area contributed by atoms with E-state index < -0.39 is 12.6 Å². The molecule has 1 rings (SSSR count). The summed E-state index contributed by atoms with van der Waals surface area (Å²) in [4.78, 5) is 0. The van der Waals surface area contributed by atoms with Crippen LogP contribution < -0.4 is 5.32 Å². The van der Waals surface area contributed by atoms with Gasteiger partial charge in [0.05, 0.1) is 0 Å². The number of thioether (sulfide) groups is 2. The van der Waals surface area contributed by atoms with Crippen LogP contribution in [0.15, 0.2) is 0 Å². The van der Waals surface area contributed by atoms with E-state index in [4.69, 9.17) is 0 Å². The molecule has 0 aromatic heterocycles. The molecule has 0 saturated carbocycles. The summed E-state index contributed by atoms with van der Waals surface area (Å²) in [5.41, 5.74) is 0. The molecule has 3 unspecified atom stereocenters. The summed E-state index contributed by atoms with van der Waals surface area (Å²) in [5.74, 6) is 2.27. The van der Waals surface area contributed by atoms with Gasteiger partial charge in [0.15, 0.2) is 0 Å². The van der Waals surface area contributed by atoms with Crippen LogP contribution in [0.1, 0.15) is 33.1 Å². The van der Waals surface area contributed by atoms with Crippen LogP contribution in [0.2, 0.25) is 0 Å². The van der Waals surface area contributed by atoms with E-state index in [1.54, 1.807) is 0 Å². The van der Waals surface area contributed by atoms with Crippen LogP contribution in [0.5, 0.6) is 0 Å². The molecule has 0 radical (unpaired) electrons. The number of rotatable bonds is 6. The molecule has 1 aliphatic rings. The Balaban J connectivity index is 2.42. The Hall–Kier alpha value is 0.450. The highest BCUT2D eigenvalue weighted by molar-refractivity contribution is 8.07. The largest absolute Gasteiger partial charge is 0.389 e. The predicted molar refractivity (Wildman–Crippen MR) is 75.5 cm³/mol. The molecular formula is C12H22F3NS2. The monoisotopic (exact) mass is 301 g/mol. The lowest BCUT2D eigenvalue weighted by molar-refractivity contribution is -0.135. The molecule has 0 spiro atoms. The van der Waals surface area contributed by atoms with Gasteiger partial charge in [0.25, 0.3) is 0 Å².